The zero-order chi connectivity index (χ0) is 24.8. The fourth-order valence-corrected chi connectivity index (χ4v) is 4.47. The Morgan fingerprint density at radius 2 is 1.89 bits per heavy atom. The molecule has 1 fully saturated rings. The third-order valence-corrected chi connectivity index (χ3v) is 6.88. The van der Waals surface area contributed by atoms with Crippen LogP contribution >= 0.6 is 0 Å². The van der Waals surface area contributed by atoms with Crippen molar-refractivity contribution in [2.75, 3.05) is 35.3 Å². The zero-order valence-corrected chi connectivity index (χ0v) is 21.5. The molecule has 1 aliphatic heterocycles. The van der Waals surface area contributed by atoms with Crippen LogP contribution in [0.25, 0.3) is 6.08 Å². The van der Waals surface area contributed by atoms with E-state index in [1.165, 1.54) is 36.0 Å². The van der Waals surface area contributed by atoms with Gasteiger partial charge < -0.3 is 20.1 Å². The molecule has 3 heterocycles. The SMILES string of the molecule is C=C/C=C\c1[nH]cc(CC(C)N(C)c2nc(Nc3ccc(C)cc3)cc(N3CCCCC3)n2)c1C. The van der Waals surface area contributed by atoms with E-state index in [2.05, 4.69) is 97.1 Å². The van der Waals surface area contributed by atoms with Crippen LogP contribution in [0.2, 0.25) is 0 Å². The van der Waals surface area contributed by atoms with Crippen LogP contribution in [0.15, 0.2) is 55.3 Å². The normalized spacial score (nSPS) is 14.8. The second kappa shape index (κ2) is 11.3. The molecule has 6 nitrogen and oxygen atoms in total. The van der Waals surface area contributed by atoms with E-state index in [9.17, 15) is 0 Å². The van der Waals surface area contributed by atoms with E-state index in [1.54, 1.807) is 6.08 Å². The summed E-state index contributed by atoms with van der Waals surface area (Å²) in [6, 6.07) is 10.7. The molecule has 1 atom stereocenters. The number of benzene rings is 1. The second-order valence-corrected chi connectivity index (χ2v) is 9.56. The van der Waals surface area contributed by atoms with Crippen molar-refractivity contribution in [2.45, 2.75) is 52.5 Å². The molecule has 0 saturated carbocycles. The van der Waals surface area contributed by atoms with Crippen molar-refractivity contribution in [1.29, 1.82) is 0 Å². The Morgan fingerprint density at radius 1 is 1.14 bits per heavy atom. The highest BCUT2D eigenvalue weighted by molar-refractivity contribution is 5.62. The molecule has 6 heteroatoms. The van der Waals surface area contributed by atoms with Crippen molar-refractivity contribution in [2.24, 2.45) is 0 Å². The number of hydrogen-bond donors (Lipinski definition) is 2. The van der Waals surface area contributed by atoms with Gasteiger partial charge >= 0.3 is 0 Å². The van der Waals surface area contributed by atoms with Crippen LogP contribution < -0.4 is 15.1 Å². The Kier molecular flexibility index (Phi) is 7.91. The van der Waals surface area contributed by atoms with Gasteiger partial charge in [0.05, 0.1) is 0 Å². The smallest absolute Gasteiger partial charge is 0.229 e. The minimum absolute atomic E-state index is 0.226. The van der Waals surface area contributed by atoms with E-state index < -0.39 is 0 Å². The lowest BCUT2D eigenvalue weighted by atomic mass is 10.0. The summed E-state index contributed by atoms with van der Waals surface area (Å²) in [6.07, 6.45) is 12.5. The van der Waals surface area contributed by atoms with Crippen LogP contribution in [0, 0.1) is 13.8 Å². The maximum absolute atomic E-state index is 5.01. The Bertz CT molecular complexity index is 1150. The molecule has 0 amide bonds. The van der Waals surface area contributed by atoms with Gasteiger partial charge in [-0.2, -0.15) is 9.97 Å². The number of aryl methyl sites for hydroxylation is 1. The van der Waals surface area contributed by atoms with Gasteiger partial charge in [-0.3, -0.25) is 0 Å². The highest BCUT2D eigenvalue weighted by Gasteiger charge is 2.20. The first-order chi connectivity index (χ1) is 16.9. The predicted octanol–water partition coefficient (Wildman–Crippen LogP) is 6.42. The lowest BCUT2D eigenvalue weighted by Crippen LogP contribution is -2.34. The number of likely N-dealkylation sites (N-methyl/N-ethyl adjacent to an activating group) is 1. The van der Waals surface area contributed by atoms with E-state index in [0.717, 1.165) is 48.5 Å². The molecular formula is C29H38N6. The van der Waals surface area contributed by atoms with Gasteiger partial charge in [-0.05, 0) is 75.8 Å². The largest absolute Gasteiger partial charge is 0.361 e. The first kappa shape index (κ1) is 24.6. The van der Waals surface area contributed by atoms with Crippen molar-refractivity contribution < 1.29 is 0 Å². The van der Waals surface area contributed by atoms with Crippen LogP contribution in [0.3, 0.4) is 0 Å². The summed E-state index contributed by atoms with van der Waals surface area (Å²) in [5, 5.41) is 3.50. The lowest BCUT2D eigenvalue weighted by molar-refractivity contribution is 0.572. The van der Waals surface area contributed by atoms with Crippen molar-refractivity contribution in [3.63, 3.8) is 0 Å². The number of rotatable bonds is 9. The summed E-state index contributed by atoms with van der Waals surface area (Å²) in [4.78, 5) is 17.9. The summed E-state index contributed by atoms with van der Waals surface area (Å²) >= 11 is 0. The van der Waals surface area contributed by atoms with Crippen molar-refractivity contribution in [3.05, 3.63) is 77.6 Å². The van der Waals surface area contributed by atoms with Crippen LogP contribution in [0.1, 0.15) is 48.6 Å². The van der Waals surface area contributed by atoms with Gasteiger partial charge in [-0.25, -0.2) is 0 Å². The van der Waals surface area contributed by atoms with Crippen LogP contribution in [0.5, 0.6) is 0 Å². The molecule has 1 saturated heterocycles. The average Bonchev–Trinajstić information content (AvgIpc) is 3.22. The molecule has 4 rings (SSSR count). The van der Waals surface area contributed by atoms with Crippen molar-refractivity contribution in [3.8, 4) is 0 Å². The van der Waals surface area contributed by atoms with Crippen molar-refractivity contribution >= 4 is 29.3 Å². The number of aromatic amines is 1. The Balaban J connectivity index is 1.58. The molecule has 1 unspecified atom stereocenters. The minimum Gasteiger partial charge on any atom is -0.361 e. The van der Waals surface area contributed by atoms with Gasteiger partial charge in [0.15, 0.2) is 0 Å². The molecule has 0 spiro atoms. The maximum atomic E-state index is 5.01. The first-order valence-electron chi connectivity index (χ1n) is 12.6. The quantitative estimate of drug-likeness (QED) is 0.353. The van der Waals surface area contributed by atoms with E-state index >= 15 is 0 Å². The predicted molar refractivity (Wildman–Crippen MR) is 149 cm³/mol. The summed E-state index contributed by atoms with van der Waals surface area (Å²) < 4.78 is 0. The lowest BCUT2D eigenvalue weighted by Gasteiger charge is -2.30. The molecule has 0 aliphatic carbocycles. The van der Waals surface area contributed by atoms with Crippen LogP contribution in [-0.4, -0.2) is 41.1 Å². The minimum atomic E-state index is 0.226. The number of nitrogens with one attached hydrogen (secondary N) is 2. The Labute approximate surface area is 209 Å². The van der Waals surface area contributed by atoms with E-state index in [1.807, 2.05) is 6.08 Å². The highest BCUT2D eigenvalue weighted by atomic mass is 15.3. The fourth-order valence-electron chi connectivity index (χ4n) is 4.47. The Morgan fingerprint density at radius 3 is 2.60 bits per heavy atom. The summed E-state index contributed by atoms with van der Waals surface area (Å²) in [6.45, 7) is 12.4. The molecule has 184 valence electrons. The molecule has 2 aromatic heterocycles. The molecule has 3 aromatic rings. The molecular weight excluding hydrogens is 432 g/mol. The van der Waals surface area contributed by atoms with Gasteiger partial charge in [-0.1, -0.05) is 36.4 Å². The van der Waals surface area contributed by atoms with Gasteiger partial charge in [0.25, 0.3) is 0 Å². The molecule has 0 bridgehead atoms. The molecule has 2 N–H and O–H groups in total. The maximum Gasteiger partial charge on any atom is 0.229 e. The summed E-state index contributed by atoms with van der Waals surface area (Å²) in [7, 11) is 2.09. The standard InChI is InChI=1S/C29H38N6/c1-6-7-11-26-23(4)24(20-30-26)18-22(3)34(5)29-32-27(31-25-14-12-21(2)13-15-25)19-28(33-29)35-16-9-8-10-17-35/h6-7,11-15,19-20,22,30H,1,8-10,16-18H2,2-5H3,(H,31,32,33)/b11-7-. The monoisotopic (exact) mass is 470 g/mol. The van der Waals surface area contributed by atoms with Gasteiger partial charge in [0.2, 0.25) is 5.95 Å². The Hall–Kier alpha value is -3.54. The topological polar surface area (TPSA) is 60.1 Å². The highest BCUT2D eigenvalue weighted by Crippen LogP contribution is 2.27. The molecule has 1 aromatic carbocycles. The van der Waals surface area contributed by atoms with Gasteiger partial charge in [-0.15, -0.1) is 0 Å². The van der Waals surface area contributed by atoms with Crippen LogP contribution in [0.4, 0.5) is 23.3 Å². The number of aromatic nitrogens is 3. The number of piperidine rings is 1. The summed E-state index contributed by atoms with van der Waals surface area (Å²) in [5.41, 5.74) is 5.97. The average molecular weight is 471 g/mol. The first-order valence-corrected chi connectivity index (χ1v) is 12.6. The van der Waals surface area contributed by atoms with Crippen LogP contribution in [-0.2, 0) is 6.42 Å². The van der Waals surface area contributed by atoms with Gasteiger partial charge in [0, 0.05) is 49.8 Å². The van der Waals surface area contributed by atoms with E-state index in [4.69, 9.17) is 9.97 Å². The number of allylic oxidation sites excluding steroid dienone is 2. The third kappa shape index (κ3) is 6.13. The van der Waals surface area contributed by atoms with Crippen molar-refractivity contribution in [1.82, 2.24) is 15.0 Å². The number of hydrogen-bond acceptors (Lipinski definition) is 5. The fraction of sp³-hybridized carbons (Fsp3) is 0.379. The van der Waals surface area contributed by atoms with E-state index in [0.29, 0.717) is 0 Å². The number of anilines is 4. The summed E-state index contributed by atoms with van der Waals surface area (Å²) in [5.74, 6) is 2.57. The third-order valence-electron chi connectivity index (χ3n) is 6.88. The molecule has 1 aliphatic rings. The second-order valence-electron chi connectivity index (χ2n) is 9.56. The zero-order valence-electron chi connectivity index (χ0n) is 21.5. The van der Waals surface area contributed by atoms with Gasteiger partial charge in [0.1, 0.15) is 11.6 Å². The number of nitrogens with zero attached hydrogens (tertiary/aromatic N) is 4. The molecule has 0 radical (unpaired) electrons. The van der Waals surface area contributed by atoms with E-state index in [-0.39, 0.29) is 6.04 Å². The molecule has 35 heavy (non-hydrogen) atoms. The number of H-pyrrole nitrogens is 1.